The van der Waals surface area contributed by atoms with Crippen molar-refractivity contribution < 1.29 is 14.3 Å². The van der Waals surface area contributed by atoms with Crippen molar-refractivity contribution >= 4 is 8.60 Å². The van der Waals surface area contributed by atoms with Crippen LogP contribution >= 0.6 is 8.60 Å². The Hall–Kier alpha value is 0.270. The molecule has 0 unspecified atom stereocenters. The van der Waals surface area contributed by atoms with Crippen molar-refractivity contribution in [3.63, 3.8) is 0 Å². The van der Waals surface area contributed by atoms with Crippen molar-refractivity contribution in [1.29, 1.82) is 0 Å². The molecule has 5 heteroatoms. The van der Waals surface area contributed by atoms with Crippen LogP contribution in [0.1, 0.15) is 0 Å². The van der Waals surface area contributed by atoms with Crippen molar-refractivity contribution in [2.75, 3.05) is 13.2 Å². The van der Waals surface area contributed by atoms with Gasteiger partial charge < -0.3 is 20.0 Å². The summed E-state index contributed by atoms with van der Waals surface area (Å²) in [5.41, 5.74) is 4.94. The van der Waals surface area contributed by atoms with E-state index in [1.807, 2.05) is 0 Å². The van der Waals surface area contributed by atoms with Gasteiger partial charge in [-0.25, -0.2) is 0 Å². The molecule has 0 spiro atoms. The second-order valence-electron chi connectivity index (χ2n) is 0.875. The van der Waals surface area contributed by atoms with Crippen LogP contribution in [0.3, 0.4) is 0 Å². The Morgan fingerprint density at radius 3 is 2.29 bits per heavy atom. The van der Waals surface area contributed by atoms with Crippen molar-refractivity contribution in [2.24, 2.45) is 5.73 Å². The molecule has 0 atom stereocenters. The van der Waals surface area contributed by atoms with Crippen LogP contribution in [0.4, 0.5) is 0 Å². The Labute approximate surface area is 42.9 Å². The van der Waals surface area contributed by atoms with Gasteiger partial charge in [0, 0.05) is 6.54 Å². The van der Waals surface area contributed by atoms with Crippen LogP contribution in [-0.2, 0) is 4.52 Å². The first kappa shape index (κ1) is 7.27. The zero-order chi connectivity index (χ0) is 5.70. The molecule has 0 saturated carbocycles. The van der Waals surface area contributed by atoms with Gasteiger partial charge in [-0.3, -0.25) is 0 Å². The van der Waals surface area contributed by atoms with Crippen LogP contribution in [0.25, 0.3) is 0 Å². The standard InChI is InChI=1S/C2H8NO3P/c3-1-2-6-7(4)5/h4-5H,1-3H2. The molecule has 0 aromatic rings. The molecule has 0 rings (SSSR count). The lowest BCUT2D eigenvalue weighted by atomic mass is 10.8. The van der Waals surface area contributed by atoms with Gasteiger partial charge in [0.25, 0.3) is 0 Å². The lowest BCUT2D eigenvalue weighted by Gasteiger charge is -1.98. The quantitative estimate of drug-likeness (QED) is 0.430. The average Bonchev–Trinajstić information content (AvgIpc) is 1.61. The molecule has 0 aliphatic rings. The highest BCUT2D eigenvalue weighted by Crippen LogP contribution is 2.22. The van der Waals surface area contributed by atoms with E-state index in [1.165, 1.54) is 0 Å². The van der Waals surface area contributed by atoms with Crippen LogP contribution in [0.2, 0.25) is 0 Å². The monoisotopic (exact) mass is 125 g/mol. The fourth-order valence-corrected chi connectivity index (χ4v) is 0.403. The van der Waals surface area contributed by atoms with E-state index in [4.69, 9.17) is 15.5 Å². The van der Waals surface area contributed by atoms with Crippen LogP contribution < -0.4 is 5.73 Å². The fourth-order valence-electron chi connectivity index (χ4n) is 0.134. The van der Waals surface area contributed by atoms with Crippen molar-refractivity contribution in [3.8, 4) is 0 Å². The molecule has 0 radical (unpaired) electrons. The van der Waals surface area contributed by atoms with Crippen LogP contribution in [0, 0.1) is 0 Å². The smallest absolute Gasteiger partial charge is 0.327 e. The topological polar surface area (TPSA) is 75.7 Å². The summed E-state index contributed by atoms with van der Waals surface area (Å²) in [5.74, 6) is 0. The zero-order valence-corrected chi connectivity index (χ0v) is 4.64. The maximum Gasteiger partial charge on any atom is 0.327 e. The molecule has 0 aromatic heterocycles. The second kappa shape index (κ2) is 4.43. The van der Waals surface area contributed by atoms with Crippen LogP contribution in [-0.4, -0.2) is 22.9 Å². The first-order valence-electron chi connectivity index (χ1n) is 1.78. The minimum absolute atomic E-state index is 0.207. The predicted octanol–water partition coefficient (Wildman–Crippen LogP) is -0.827. The van der Waals surface area contributed by atoms with E-state index in [-0.39, 0.29) is 6.61 Å². The highest BCUT2D eigenvalue weighted by atomic mass is 31.2. The molecule has 0 saturated heterocycles. The van der Waals surface area contributed by atoms with Gasteiger partial charge in [-0.1, -0.05) is 0 Å². The van der Waals surface area contributed by atoms with E-state index < -0.39 is 8.60 Å². The van der Waals surface area contributed by atoms with Gasteiger partial charge in [0.05, 0.1) is 6.61 Å². The lowest BCUT2D eigenvalue weighted by molar-refractivity contribution is 0.262. The van der Waals surface area contributed by atoms with Gasteiger partial charge in [-0.05, 0) is 0 Å². The van der Waals surface area contributed by atoms with Gasteiger partial charge in [0.15, 0.2) is 0 Å². The summed E-state index contributed by atoms with van der Waals surface area (Å²) in [6.45, 7) is 0.526. The first-order chi connectivity index (χ1) is 3.27. The second-order valence-corrected chi connectivity index (χ2v) is 1.64. The molecule has 0 bridgehead atoms. The maximum atomic E-state index is 8.03. The summed E-state index contributed by atoms with van der Waals surface area (Å²) in [6, 6.07) is 0. The summed E-state index contributed by atoms with van der Waals surface area (Å²) < 4.78 is 4.24. The normalized spacial score (nSPS) is 10.3. The largest absolute Gasteiger partial charge is 0.328 e. The minimum Gasteiger partial charge on any atom is -0.328 e. The van der Waals surface area contributed by atoms with Crippen molar-refractivity contribution in [1.82, 2.24) is 0 Å². The van der Waals surface area contributed by atoms with E-state index in [0.29, 0.717) is 6.54 Å². The third-order valence-electron chi connectivity index (χ3n) is 0.325. The van der Waals surface area contributed by atoms with E-state index in [0.717, 1.165) is 0 Å². The molecule has 0 aliphatic heterocycles. The first-order valence-corrected chi connectivity index (χ1v) is 2.94. The van der Waals surface area contributed by atoms with Gasteiger partial charge in [0.2, 0.25) is 0 Å². The molecule has 7 heavy (non-hydrogen) atoms. The molecular formula is C2H8NO3P. The van der Waals surface area contributed by atoms with Gasteiger partial charge in [-0.2, -0.15) is 0 Å². The predicted molar refractivity (Wildman–Crippen MR) is 26.4 cm³/mol. The maximum absolute atomic E-state index is 8.03. The third kappa shape index (κ3) is 6.27. The highest BCUT2D eigenvalue weighted by molar-refractivity contribution is 7.39. The van der Waals surface area contributed by atoms with Crippen LogP contribution in [0.15, 0.2) is 0 Å². The molecular weight excluding hydrogens is 117 g/mol. The Morgan fingerprint density at radius 1 is 1.57 bits per heavy atom. The zero-order valence-electron chi connectivity index (χ0n) is 3.74. The molecule has 0 aromatic carbocycles. The molecule has 44 valence electrons. The summed E-state index contributed by atoms with van der Waals surface area (Å²) >= 11 is 0. The lowest BCUT2D eigenvalue weighted by Crippen LogP contribution is -2.05. The Kier molecular flexibility index (Phi) is 4.60. The van der Waals surface area contributed by atoms with Crippen molar-refractivity contribution in [3.05, 3.63) is 0 Å². The molecule has 0 fully saturated rings. The Balaban J connectivity index is 2.68. The molecule has 0 aliphatic carbocycles. The Bertz CT molecular complexity index is 41.9. The molecule has 4 nitrogen and oxygen atoms in total. The average molecular weight is 125 g/mol. The van der Waals surface area contributed by atoms with Crippen molar-refractivity contribution in [2.45, 2.75) is 0 Å². The molecule has 4 N–H and O–H groups in total. The summed E-state index contributed by atoms with van der Waals surface area (Å²) in [4.78, 5) is 16.1. The highest BCUT2D eigenvalue weighted by Gasteiger charge is 1.93. The van der Waals surface area contributed by atoms with Gasteiger partial charge in [-0.15, -0.1) is 0 Å². The summed E-state index contributed by atoms with van der Waals surface area (Å²) in [7, 11) is -2.19. The molecule has 0 amide bonds. The Morgan fingerprint density at radius 2 is 2.14 bits per heavy atom. The minimum atomic E-state index is -2.19. The molecule has 0 heterocycles. The van der Waals surface area contributed by atoms with E-state index in [2.05, 4.69) is 4.52 Å². The fraction of sp³-hybridized carbons (Fsp3) is 1.00. The van der Waals surface area contributed by atoms with E-state index in [1.54, 1.807) is 0 Å². The third-order valence-corrected chi connectivity index (χ3v) is 0.738. The number of rotatable bonds is 3. The van der Waals surface area contributed by atoms with E-state index >= 15 is 0 Å². The van der Waals surface area contributed by atoms with Crippen LogP contribution in [0.5, 0.6) is 0 Å². The summed E-state index contributed by atoms with van der Waals surface area (Å²) in [6.07, 6.45) is 0. The van der Waals surface area contributed by atoms with E-state index in [9.17, 15) is 0 Å². The number of nitrogens with two attached hydrogens (primary N) is 1. The summed E-state index contributed by atoms with van der Waals surface area (Å²) in [5, 5.41) is 0. The SMILES string of the molecule is NCCOP(O)O. The van der Waals surface area contributed by atoms with Gasteiger partial charge in [0.1, 0.15) is 0 Å². The number of hydrogen-bond acceptors (Lipinski definition) is 4. The number of hydrogen-bond donors (Lipinski definition) is 3. The van der Waals surface area contributed by atoms with Gasteiger partial charge >= 0.3 is 8.60 Å².